The van der Waals surface area contributed by atoms with Crippen LogP contribution in [0.1, 0.15) is 40.5 Å². The summed E-state index contributed by atoms with van der Waals surface area (Å²) in [4.78, 5) is 20.5. The lowest BCUT2D eigenvalue weighted by molar-refractivity contribution is 0.0527. The average molecular weight is 395 g/mol. The number of nitrogens with zero attached hydrogens (tertiary/aromatic N) is 2. The lowest BCUT2D eigenvalue weighted by atomic mass is 10.2. The van der Waals surface area contributed by atoms with Crippen LogP contribution in [0.15, 0.2) is 18.2 Å². The first-order valence-corrected chi connectivity index (χ1v) is 9.47. The van der Waals surface area contributed by atoms with E-state index in [1.54, 1.807) is 0 Å². The summed E-state index contributed by atoms with van der Waals surface area (Å²) in [6.45, 7) is 9.25. The topological polar surface area (TPSA) is 85.4 Å². The number of rotatable bonds is 8. The molecule has 1 aromatic heterocycles. The van der Waals surface area contributed by atoms with Crippen molar-refractivity contribution in [2.24, 2.45) is 0 Å². The molecule has 0 aliphatic rings. The van der Waals surface area contributed by atoms with E-state index < -0.39 is 11.7 Å². The third-order valence-corrected chi connectivity index (χ3v) is 3.73. The van der Waals surface area contributed by atoms with E-state index in [1.165, 1.54) is 0 Å². The van der Waals surface area contributed by atoms with Crippen LogP contribution in [0.25, 0.3) is 11.0 Å². The Labute approximate surface area is 164 Å². The molecule has 1 aromatic carbocycles. The molecule has 7 nitrogen and oxygen atoms in total. The van der Waals surface area contributed by atoms with Crippen LogP contribution < -0.4 is 15.4 Å². The second-order valence-corrected chi connectivity index (χ2v) is 7.37. The summed E-state index contributed by atoms with van der Waals surface area (Å²) in [5.74, 6) is 1.29. The van der Waals surface area contributed by atoms with Crippen molar-refractivity contribution in [2.75, 3.05) is 25.0 Å². The lowest BCUT2D eigenvalue weighted by Crippen LogP contribution is -2.33. The van der Waals surface area contributed by atoms with E-state index in [0.717, 1.165) is 29.6 Å². The average Bonchev–Trinajstić information content (AvgIpc) is 2.57. The number of anilines is 1. The van der Waals surface area contributed by atoms with Crippen LogP contribution in [-0.4, -0.2) is 41.4 Å². The summed E-state index contributed by atoms with van der Waals surface area (Å²) < 4.78 is 10.7. The Morgan fingerprint density at radius 2 is 1.89 bits per heavy atom. The van der Waals surface area contributed by atoms with Crippen LogP contribution in [0.4, 0.5) is 10.6 Å². The van der Waals surface area contributed by atoms with Crippen LogP contribution in [0.5, 0.6) is 5.75 Å². The Hall–Kier alpha value is -2.28. The third-order valence-electron chi connectivity index (χ3n) is 3.47. The van der Waals surface area contributed by atoms with Gasteiger partial charge < -0.3 is 20.1 Å². The van der Waals surface area contributed by atoms with Gasteiger partial charge in [-0.3, -0.25) is 0 Å². The largest absolute Gasteiger partial charge is 0.494 e. The van der Waals surface area contributed by atoms with Gasteiger partial charge in [-0.15, -0.1) is 0 Å². The summed E-state index contributed by atoms with van der Waals surface area (Å²) in [6.07, 6.45) is 1.24. The van der Waals surface area contributed by atoms with Gasteiger partial charge in [0.2, 0.25) is 0 Å². The van der Waals surface area contributed by atoms with Gasteiger partial charge in [0.1, 0.15) is 11.4 Å². The highest BCUT2D eigenvalue weighted by atomic mass is 35.5. The van der Waals surface area contributed by atoms with E-state index in [2.05, 4.69) is 20.6 Å². The highest BCUT2D eigenvalue weighted by Crippen LogP contribution is 2.24. The fourth-order valence-electron chi connectivity index (χ4n) is 2.34. The molecule has 148 valence electrons. The van der Waals surface area contributed by atoms with E-state index in [1.807, 2.05) is 45.9 Å². The van der Waals surface area contributed by atoms with E-state index in [0.29, 0.717) is 30.7 Å². The van der Waals surface area contributed by atoms with Gasteiger partial charge in [-0.1, -0.05) is 11.6 Å². The molecule has 27 heavy (non-hydrogen) atoms. The van der Waals surface area contributed by atoms with Gasteiger partial charge in [0.15, 0.2) is 11.0 Å². The number of hydrogen-bond donors (Lipinski definition) is 2. The molecule has 0 aliphatic heterocycles. The summed E-state index contributed by atoms with van der Waals surface area (Å²) in [7, 11) is 0. The number of ether oxygens (including phenoxy) is 2. The number of alkyl carbamates (subject to hydrolysis) is 1. The number of amides is 1. The van der Waals surface area contributed by atoms with Crippen molar-refractivity contribution < 1.29 is 14.3 Å². The first kappa shape index (κ1) is 21.0. The number of carbonyl (C=O) groups is 1. The number of hydrogen-bond acceptors (Lipinski definition) is 6. The van der Waals surface area contributed by atoms with E-state index >= 15 is 0 Å². The molecule has 0 saturated carbocycles. The zero-order valence-electron chi connectivity index (χ0n) is 16.3. The quantitative estimate of drug-likeness (QED) is 0.645. The summed E-state index contributed by atoms with van der Waals surface area (Å²) in [5, 5.41) is 6.26. The first-order chi connectivity index (χ1) is 12.8. The molecule has 0 spiro atoms. The zero-order chi connectivity index (χ0) is 19.9. The second kappa shape index (κ2) is 9.60. The van der Waals surface area contributed by atoms with Crippen LogP contribution in [0.3, 0.4) is 0 Å². The molecule has 1 amide bonds. The van der Waals surface area contributed by atoms with Crippen molar-refractivity contribution in [1.29, 1.82) is 0 Å². The van der Waals surface area contributed by atoms with E-state index in [-0.39, 0.29) is 0 Å². The predicted molar refractivity (Wildman–Crippen MR) is 108 cm³/mol. The minimum Gasteiger partial charge on any atom is -0.494 e. The normalized spacial score (nSPS) is 11.3. The number of halogens is 1. The SMILES string of the molecule is CCOc1ccc2nc(Cl)c(NCCCCNC(=O)OC(C)(C)C)nc2c1. The third kappa shape index (κ3) is 7.09. The molecular formula is C19H27ClN4O3. The molecule has 8 heteroatoms. The van der Waals surface area contributed by atoms with Crippen molar-refractivity contribution in [1.82, 2.24) is 15.3 Å². The molecular weight excluding hydrogens is 368 g/mol. The van der Waals surface area contributed by atoms with Crippen molar-refractivity contribution in [2.45, 2.75) is 46.1 Å². The molecule has 0 unspecified atom stereocenters. The molecule has 2 N–H and O–H groups in total. The molecule has 1 heterocycles. The molecule has 0 aliphatic carbocycles. The minimum absolute atomic E-state index is 0.332. The Kier molecular flexibility index (Phi) is 7.47. The summed E-state index contributed by atoms with van der Waals surface area (Å²) in [5.41, 5.74) is 0.953. The molecule has 0 saturated heterocycles. The Bertz CT molecular complexity index is 777. The zero-order valence-corrected chi connectivity index (χ0v) is 17.0. The highest BCUT2D eigenvalue weighted by molar-refractivity contribution is 6.32. The maximum absolute atomic E-state index is 11.6. The Balaban J connectivity index is 1.80. The smallest absolute Gasteiger partial charge is 0.407 e. The van der Waals surface area contributed by atoms with Crippen molar-refractivity contribution >= 4 is 34.5 Å². The minimum atomic E-state index is -0.487. The molecule has 0 radical (unpaired) electrons. The van der Waals surface area contributed by atoms with Crippen molar-refractivity contribution in [3.63, 3.8) is 0 Å². The predicted octanol–water partition coefficient (Wildman–Crippen LogP) is 4.40. The maximum atomic E-state index is 11.6. The van der Waals surface area contributed by atoms with Gasteiger partial charge in [-0.2, -0.15) is 0 Å². The van der Waals surface area contributed by atoms with Crippen LogP contribution in [0, 0.1) is 0 Å². The summed E-state index contributed by atoms with van der Waals surface area (Å²) in [6, 6.07) is 5.53. The van der Waals surface area contributed by atoms with Crippen molar-refractivity contribution in [3.05, 3.63) is 23.4 Å². The standard InChI is InChI=1S/C19H27ClN4O3/c1-5-26-13-8-9-14-15(12-13)24-17(16(20)23-14)21-10-6-7-11-22-18(25)27-19(2,3)4/h8-9,12H,5-7,10-11H2,1-4H3,(H,21,24)(H,22,25). The van der Waals surface area contributed by atoms with Gasteiger partial charge in [-0.05, 0) is 52.7 Å². The number of aromatic nitrogens is 2. The molecule has 0 bridgehead atoms. The van der Waals surface area contributed by atoms with Gasteiger partial charge in [-0.25, -0.2) is 14.8 Å². The van der Waals surface area contributed by atoms with Crippen LogP contribution in [0.2, 0.25) is 5.15 Å². The van der Waals surface area contributed by atoms with Gasteiger partial charge >= 0.3 is 6.09 Å². The fourth-order valence-corrected chi connectivity index (χ4v) is 2.54. The van der Waals surface area contributed by atoms with Crippen LogP contribution >= 0.6 is 11.6 Å². The first-order valence-electron chi connectivity index (χ1n) is 9.09. The number of unbranched alkanes of at least 4 members (excludes halogenated alkanes) is 1. The summed E-state index contributed by atoms with van der Waals surface area (Å²) >= 11 is 6.21. The second-order valence-electron chi connectivity index (χ2n) is 7.01. The number of benzene rings is 1. The van der Waals surface area contributed by atoms with Gasteiger partial charge in [0.05, 0.1) is 17.6 Å². The highest BCUT2D eigenvalue weighted by Gasteiger charge is 2.15. The van der Waals surface area contributed by atoms with E-state index in [4.69, 9.17) is 21.1 Å². The molecule has 0 fully saturated rings. The monoisotopic (exact) mass is 394 g/mol. The molecule has 2 aromatic rings. The maximum Gasteiger partial charge on any atom is 0.407 e. The lowest BCUT2D eigenvalue weighted by Gasteiger charge is -2.19. The molecule has 2 rings (SSSR count). The number of carbonyl (C=O) groups excluding carboxylic acids is 1. The van der Waals surface area contributed by atoms with E-state index in [9.17, 15) is 4.79 Å². The number of nitrogens with one attached hydrogen (secondary N) is 2. The van der Waals surface area contributed by atoms with Crippen LogP contribution in [-0.2, 0) is 4.74 Å². The Morgan fingerprint density at radius 3 is 2.59 bits per heavy atom. The molecule has 0 atom stereocenters. The van der Waals surface area contributed by atoms with Gasteiger partial charge in [0.25, 0.3) is 0 Å². The van der Waals surface area contributed by atoms with Crippen molar-refractivity contribution in [3.8, 4) is 5.75 Å². The Morgan fingerprint density at radius 1 is 1.15 bits per heavy atom. The van der Waals surface area contributed by atoms with Gasteiger partial charge in [0, 0.05) is 19.2 Å². The fraction of sp³-hybridized carbons (Fsp3) is 0.526. The number of fused-ring (bicyclic) bond motifs is 1.